The molecule has 220 valence electrons. The Kier molecular flexibility index (Phi) is 11.3. The van der Waals surface area contributed by atoms with Crippen molar-refractivity contribution in [3.63, 3.8) is 0 Å². The molecule has 0 aliphatic carbocycles. The highest BCUT2D eigenvalue weighted by Gasteiger charge is 2.33. The summed E-state index contributed by atoms with van der Waals surface area (Å²) in [5.41, 5.74) is 2.21. The molecule has 0 heterocycles. The molecule has 3 aromatic carbocycles. The second-order valence-electron chi connectivity index (χ2n) is 10.3. The van der Waals surface area contributed by atoms with Crippen LogP contribution in [-0.4, -0.2) is 50.9 Å². The number of rotatable bonds is 14. The molecule has 1 atom stereocenters. The van der Waals surface area contributed by atoms with Gasteiger partial charge in [-0.25, -0.2) is 8.42 Å². The number of hydrogen-bond acceptors (Lipinski definition) is 5. The molecule has 3 rings (SSSR count). The lowest BCUT2D eigenvalue weighted by molar-refractivity contribution is -0.140. The average molecular weight is 580 g/mol. The molecule has 0 fully saturated rings. The molecule has 1 unspecified atom stereocenters. The summed E-state index contributed by atoms with van der Waals surface area (Å²) in [6.45, 7) is 10.3. The van der Waals surface area contributed by atoms with E-state index >= 15 is 0 Å². The zero-order valence-electron chi connectivity index (χ0n) is 24.5. The molecule has 0 saturated heterocycles. The van der Waals surface area contributed by atoms with Crippen molar-refractivity contribution in [1.82, 2.24) is 10.2 Å². The summed E-state index contributed by atoms with van der Waals surface area (Å²) < 4.78 is 34.5. The van der Waals surface area contributed by atoms with Gasteiger partial charge in [0.1, 0.15) is 18.3 Å². The second-order valence-corrected chi connectivity index (χ2v) is 12.1. The molecule has 1 N–H and O–H groups in total. The maximum absolute atomic E-state index is 14.1. The Hall–Kier alpha value is -3.85. The Labute approximate surface area is 244 Å². The van der Waals surface area contributed by atoms with Gasteiger partial charge < -0.3 is 15.0 Å². The van der Waals surface area contributed by atoms with Gasteiger partial charge in [0.2, 0.25) is 11.8 Å². The third-order valence-electron chi connectivity index (χ3n) is 6.72. The zero-order valence-corrected chi connectivity index (χ0v) is 25.4. The van der Waals surface area contributed by atoms with E-state index in [1.54, 1.807) is 42.5 Å². The van der Waals surface area contributed by atoms with Crippen molar-refractivity contribution in [3.05, 3.63) is 90.0 Å². The smallest absolute Gasteiger partial charge is 0.264 e. The third kappa shape index (κ3) is 8.33. The maximum Gasteiger partial charge on any atom is 0.264 e. The highest BCUT2D eigenvalue weighted by molar-refractivity contribution is 7.92. The minimum Gasteiger partial charge on any atom is -0.494 e. The summed E-state index contributed by atoms with van der Waals surface area (Å²) in [5.74, 6) is 0.0585. The minimum absolute atomic E-state index is 0.0322. The number of benzene rings is 3. The van der Waals surface area contributed by atoms with E-state index < -0.39 is 28.5 Å². The molecule has 0 spiro atoms. The van der Waals surface area contributed by atoms with Crippen LogP contribution in [0.2, 0.25) is 0 Å². The SMILES string of the molecule is CCOc1ccc(S(=O)(=O)N(CC(=O)N(Cc2ccccc2C)C(CC)C(=O)NCC(C)C)c2ccccc2)cc1. The van der Waals surface area contributed by atoms with Crippen LogP contribution in [0.3, 0.4) is 0 Å². The number of ether oxygens (including phenoxy) is 1. The fraction of sp³-hybridized carbons (Fsp3) is 0.375. The van der Waals surface area contributed by atoms with Gasteiger partial charge in [-0.1, -0.05) is 63.2 Å². The van der Waals surface area contributed by atoms with Crippen LogP contribution in [0.5, 0.6) is 5.75 Å². The maximum atomic E-state index is 14.1. The van der Waals surface area contributed by atoms with Gasteiger partial charge in [-0.05, 0) is 73.7 Å². The second kappa shape index (κ2) is 14.7. The number of aryl methyl sites for hydroxylation is 1. The van der Waals surface area contributed by atoms with Crippen LogP contribution in [0.4, 0.5) is 5.69 Å². The van der Waals surface area contributed by atoms with Gasteiger partial charge in [-0.3, -0.25) is 13.9 Å². The van der Waals surface area contributed by atoms with Crippen LogP contribution >= 0.6 is 0 Å². The molecule has 41 heavy (non-hydrogen) atoms. The van der Waals surface area contributed by atoms with Gasteiger partial charge in [0.25, 0.3) is 10.0 Å². The van der Waals surface area contributed by atoms with Crippen molar-refractivity contribution in [2.24, 2.45) is 5.92 Å². The quantitative estimate of drug-likeness (QED) is 0.284. The molecule has 0 aliphatic rings. The van der Waals surface area contributed by atoms with E-state index in [0.717, 1.165) is 15.4 Å². The predicted octanol–water partition coefficient (Wildman–Crippen LogP) is 5.17. The molecule has 0 saturated carbocycles. The largest absolute Gasteiger partial charge is 0.494 e. The highest BCUT2D eigenvalue weighted by Crippen LogP contribution is 2.26. The number of carbonyl (C=O) groups excluding carboxylic acids is 2. The van der Waals surface area contributed by atoms with E-state index in [1.807, 2.05) is 58.9 Å². The van der Waals surface area contributed by atoms with E-state index in [-0.39, 0.29) is 23.3 Å². The number of amides is 2. The van der Waals surface area contributed by atoms with Crippen molar-refractivity contribution < 1.29 is 22.7 Å². The van der Waals surface area contributed by atoms with E-state index in [0.29, 0.717) is 31.0 Å². The average Bonchev–Trinajstić information content (AvgIpc) is 2.96. The van der Waals surface area contributed by atoms with Crippen molar-refractivity contribution in [1.29, 1.82) is 0 Å². The van der Waals surface area contributed by atoms with Crippen LogP contribution in [0.25, 0.3) is 0 Å². The summed E-state index contributed by atoms with van der Waals surface area (Å²) >= 11 is 0. The molecule has 0 radical (unpaired) electrons. The molecule has 3 aromatic rings. The molecule has 0 aliphatic heterocycles. The third-order valence-corrected chi connectivity index (χ3v) is 8.51. The number of anilines is 1. The number of nitrogens with one attached hydrogen (secondary N) is 1. The lowest BCUT2D eigenvalue weighted by Gasteiger charge is -2.33. The summed E-state index contributed by atoms with van der Waals surface area (Å²) in [7, 11) is -4.14. The zero-order chi connectivity index (χ0) is 30.0. The van der Waals surface area contributed by atoms with Gasteiger partial charge in [0.05, 0.1) is 17.2 Å². The lowest BCUT2D eigenvalue weighted by Crippen LogP contribution is -2.52. The van der Waals surface area contributed by atoms with Gasteiger partial charge in [-0.2, -0.15) is 0 Å². The first-order chi connectivity index (χ1) is 19.6. The summed E-state index contributed by atoms with van der Waals surface area (Å²) in [6, 6.07) is 21.6. The summed E-state index contributed by atoms with van der Waals surface area (Å²) in [6.07, 6.45) is 0.374. The molecule has 0 bridgehead atoms. The first kappa shape index (κ1) is 31.7. The van der Waals surface area contributed by atoms with Crippen LogP contribution < -0.4 is 14.4 Å². The predicted molar refractivity (Wildman–Crippen MR) is 162 cm³/mol. The fourth-order valence-electron chi connectivity index (χ4n) is 4.44. The lowest BCUT2D eigenvalue weighted by atomic mass is 10.1. The van der Waals surface area contributed by atoms with E-state index in [1.165, 1.54) is 17.0 Å². The molecule has 0 aromatic heterocycles. The number of hydrogen-bond donors (Lipinski definition) is 1. The van der Waals surface area contributed by atoms with E-state index in [9.17, 15) is 18.0 Å². The van der Waals surface area contributed by atoms with E-state index in [2.05, 4.69) is 5.32 Å². The highest BCUT2D eigenvalue weighted by atomic mass is 32.2. The van der Waals surface area contributed by atoms with Crippen LogP contribution in [0, 0.1) is 12.8 Å². The monoisotopic (exact) mass is 579 g/mol. The normalized spacial score (nSPS) is 12.0. The first-order valence-corrected chi connectivity index (χ1v) is 15.4. The number of nitrogens with zero attached hydrogens (tertiary/aromatic N) is 2. The van der Waals surface area contributed by atoms with Gasteiger partial charge in [0.15, 0.2) is 0 Å². The van der Waals surface area contributed by atoms with E-state index in [4.69, 9.17) is 4.74 Å². The van der Waals surface area contributed by atoms with Gasteiger partial charge in [0, 0.05) is 13.1 Å². The summed E-state index contributed by atoms with van der Waals surface area (Å²) in [5, 5.41) is 2.95. The Balaban J connectivity index is 2.02. The van der Waals surface area contributed by atoms with Crippen LogP contribution in [-0.2, 0) is 26.2 Å². The molecule has 9 heteroatoms. The van der Waals surface area contributed by atoms with Crippen molar-refractivity contribution >= 4 is 27.5 Å². The van der Waals surface area contributed by atoms with Crippen molar-refractivity contribution in [2.45, 2.75) is 58.5 Å². The topological polar surface area (TPSA) is 96.0 Å². The van der Waals surface area contributed by atoms with Crippen LogP contribution in [0.1, 0.15) is 45.2 Å². The number of carbonyl (C=O) groups is 2. The Morgan fingerprint density at radius 1 is 0.902 bits per heavy atom. The Bertz CT molecular complexity index is 1390. The molecular weight excluding hydrogens is 538 g/mol. The Morgan fingerprint density at radius 2 is 1.54 bits per heavy atom. The standard InChI is InChI=1S/C32H41N3O5S/c1-6-30(32(37)33-21-24(3)4)34(22-26-14-12-11-13-25(26)5)31(36)23-35(27-15-9-8-10-16-27)41(38,39)29-19-17-28(18-20-29)40-7-2/h8-20,24,30H,6-7,21-23H2,1-5H3,(H,33,37). The number of para-hydroxylation sites is 1. The fourth-order valence-corrected chi connectivity index (χ4v) is 5.85. The summed E-state index contributed by atoms with van der Waals surface area (Å²) in [4.78, 5) is 29.0. The Morgan fingerprint density at radius 3 is 2.12 bits per heavy atom. The van der Waals surface area contributed by atoms with Crippen molar-refractivity contribution in [2.75, 3.05) is 24.0 Å². The first-order valence-electron chi connectivity index (χ1n) is 14.0. The molecule has 8 nitrogen and oxygen atoms in total. The van der Waals surface area contributed by atoms with Gasteiger partial charge in [-0.15, -0.1) is 0 Å². The molecular formula is C32H41N3O5S. The van der Waals surface area contributed by atoms with Crippen molar-refractivity contribution in [3.8, 4) is 5.75 Å². The number of sulfonamides is 1. The molecule has 2 amide bonds. The minimum atomic E-state index is -4.14. The van der Waals surface area contributed by atoms with Crippen LogP contribution in [0.15, 0.2) is 83.8 Å². The van der Waals surface area contributed by atoms with Gasteiger partial charge >= 0.3 is 0 Å².